The van der Waals surface area contributed by atoms with Gasteiger partial charge in [0, 0.05) is 37.8 Å². The summed E-state index contributed by atoms with van der Waals surface area (Å²) in [6.45, 7) is 5.82. The van der Waals surface area contributed by atoms with E-state index in [1.165, 1.54) is 29.2 Å². The maximum Gasteiger partial charge on any atom is 0.410 e. The molecule has 3 heterocycles. The second-order valence-corrected chi connectivity index (χ2v) is 9.63. The number of nitro benzene ring substituents is 1. The van der Waals surface area contributed by atoms with Gasteiger partial charge in [-0.05, 0) is 50.6 Å². The van der Waals surface area contributed by atoms with Crippen molar-refractivity contribution >= 4 is 46.2 Å². The number of likely N-dealkylation sites (tertiary alicyclic amines) is 1. The number of nitrogens with one attached hydrogen (secondary N) is 2. The summed E-state index contributed by atoms with van der Waals surface area (Å²) < 4.78 is 11.3. The van der Waals surface area contributed by atoms with Crippen LogP contribution < -0.4 is 5.32 Å². The highest BCUT2D eigenvalue weighted by atomic mass is 35.5. The first-order valence-corrected chi connectivity index (χ1v) is 11.6. The Hall–Kier alpha value is -3.93. The number of hydrogen-bond donors (Lipinski definition) is 2. The van der Waals surface area contributed by atoms with Crippen LogP contribution in [0.2, 0.25) is 5.28 Å². The zero-order chi connectivity index (χ0) is 26.0. The number of rotatable bonds is 5. The number of fused-ring (bicyclic) bond motifs is 1. The van der Waals surface area contributed by atoms with Gasteiger partial charge in [-0.15, -0.1) is 0 Å². The molecular formula is C23H25ClN6O6. The zero-order valence-electron chi connectivity index (χ0n) is 19.9. The van der Waals surface area contributed by atoms with Crippen molar-refractivity contribution in [2.24, 2.45) is 0 Å². The number of ether oxygens (including phenoxy) is 2. The van der Waals surface area contributed by atoms with Gasteiger partial charge in [-0.3, -0.25) is 10.1 Å². The van der Waals surface area contributed by atoms with E-state index in [1.54, 1.807) is 33.0 Å². The third-order valence-electron chi connectivity index (χ3n) is 5.48. The molecule has 1 aliphatic heterocycles. The zero-order valence-corrected chi connectivity index (χ0v) is 20.6. The van der Waals surface area contributed by atoms with Crippen molar-refractivity contribution in [2.75, 3.05) is 18.4 Å². The van der Waals surface area contributed by atoms with E-state index in [0.29, 0.717) is 29.8 Å². The topological polar surface area (TPSA) is 153 Å². The van der Waals surface area contributed by atoms with Crippen molar-refractivity contribution in [1.82, 2.24) is 19.9 Å². The first-order valence-electron chi connectivity index (χ1n) is 11.2. The van der Waals surface area contributed by atoms with Crippen LogP contribution in [0.3, 0.4) is 0 Å². The average Bonchev–Trinajstić information content (AvgIpc) is 3.27. The molecule has 3 aromatic rings. The van der Waals surface area contributed by atoms with Gasteiger partial charge in [0.2, 0.25) is 5.28 Å². The number of aromatic nitrogens is 3. The molecule has 2 unspecified atom stereocenters. The molecule has 0 spiro atoms. The van der Waals surface area contributed by atoms with Crippen LogP contribution in [-0.2, 0) is 9.47 Å². The number of non-ortho nitro benzene ring substituents is 1. The van der Waals surface area contributed by atoms with Gasteiger partial charge in [-0.25, -0.2) is 14.6 Å². The lowest BCUT2D eigenvalue weighted by Crippen LogP contribution is -2.54. The molecule has 0 aliphatic carbocycles. The molecule has 0 radical (unpaired) electrons. The standard InChI is InChI=1S/C23H25ClN6O6/c1-23(2,3)36-22(32)29-11-9-17(35-20(31)13-4-6-14(7-5-13)30(33)34)16(12-29)26-19-15-8-10-25-18(15)27-21(24)28-19/h4-8,10,16-17H,9,11-12H2,1-3H3,(H2,25,26,27,28). The molecule has 2 N–H and O–H groups in total. The number of nitrogens with zero attached hydrogens (tertiary/aromatic N) is 4. The van der Waals surface area contributed by atoms with Crippen LogP contribution in [-0.4, -0.2) is 67.7 Å². The molecule has 1 saturated heterocycles. The fourth-order valence-electron chi connectivity index (χ4n) is 3.83. The first-order chi connectivity index (χ1) is 17.0. The lowest BCUT2D eigenvalue weighted by Gasteiger charge is -2.39. The van der Waals surface area contributed by atoms with Crippen molar-refractivity contribution in [2.45, 2.75) is 44.9 Å². The van der Waals surface area contributed by atoms with Crippen LogP contribution in [0.4, 0.5) is 16.3 Å². The smallest absolute Gasteiger partial charge is 0.410 e. The number of carbonyl (C=O) groups is 2. The van der Waals surface area contributed by atoms with Crippen molar-refractivity contribution in [3.63, 3.8) is 0 Å². The van der Waals surface area contributed by atoms with Gasteiger partial charge in [0.1, 0.15) is 23.2 Å². The molecular weight excluding hydrogens is 492 g/mol. The van der Waals surface area contributed by atoms with Crippen molar-refractivity contribution in [3.05, 3.63) is 57.5 Å². The highest BCUT2D eigenvalue weighted by Gasteiger charge is 2.36. The van der Waals surface area contributed by atoms with Crippen LogP contribution in [0, 0.1) is 10.1 Å². The summed E-state index contributed by atoms with van der Waals surface area (Å²) in [5.74, 6) is -0.224. The molecule has 190 valence electrons. The number of aromatic amines is 1. The van der Waals surface area contributed by atoms with E-state index in [9.17, 15) is 19.7 Å². The molecule has 1 amide bonds. The molecule has 13 heteroatoms. The van der Waals surface area contributed by atoms with Crippen molar-refractivity contribution in [3.8, 4) is 0 Å². The summed E-state index contributed by atoms with van der Waals surface area (Å²) in [4.78, 5) is 48.9. The van der Waals surface area contributed by atoms with Crippen molar-refractivity contribution < 1.29 is 24.0 Å². The van der Waals surface area contributed by atoms with Gasteiger partial charge in [-0.2, -0.15) is 4.98 Å². The van der Waals surface area contributed by atoms with E-state index in [4.69, 9.17) is 21.1 Å². The Morgan fingerprint density at radius 2 is 1.94 bits per heavy atom. The Labute approximate surface area is 211 Å². The second kappa shape index (κ2) is 9.97. The molecule has 12 nitrogen and oxygen atoms in total. The van der Waals surface area contributed by atoms with Gasteiger partial charge in [0.15, 0.2) is 0 Å². The summed E-state index contributed by atoms with van der Waals surface area (Å²) in [5.41, 5.74) is -0.104. The third-order valence-corrected chi connectivity index (χ3v) is 5.65. The van der Waals surface area contributed by atoms with Gasteiger partial charge in [0.05, 0.1) is 21.9 Å². The number of piperidine rings is 1. The third kappa shape index (κ3) is 5.82. The lowest BCUT2D eigenvalue weighted by molar-refractivity contribution is -0.384. The minimum atomic E-state index is -0.670. The minimum Gasteiger partial charge on any atom is -0.456 e. The van der Waals surface area contributed by atoms with E-state index < -0.39 is 34.7 Å². The van der Waals surface area contributed by atoms with Crippen LogP contribution >= 0.6 is 11.6 Å². The first kappa shape index (κ1) is 25.2. The highest BCUT2D eigenvalue weighted by Crippen LogP contribution is 2.26. The van der Waals surface area contributed by atoms with Gasteiger partial charge in [0.25, 0.3) is 5.69 Å². The average molecular weight is 517 g/mol. The number of halogens is 1. The van der Waals surface area contributed by atoms with Gasteiger partial charge < -0.3 is 24.7 Å². The van der Waals surface area contributed by atoms with E-state index in [1.807, 2.05) is 0 Å². The van der Waals surface area contributed by atoms with E-state index in [2.05, 4.69) is 20.3 Å². The summed E-state index contributed by atoms with van der Waals surface area (Å²) >= 11 is 6.09. The number of H-pyrrole nitrogens is 1. The van der Waals surface area contributed by atoms with Crippen LogP contribution in [0.15, 0.2) is 36.5 Å². The molecule has 4 rings (SSSR count). The Kier molecular flexibility index (Phi) is 6.97. The number of anilines is 1. The summed E-state index contributed by atoms with van der Waals surface area (Å²) in [5, 5.41) is 14.9. The monoisotopic (exact) mass is 516 g/mol. The molecule has 2 aromatic heterocycles. The SMILES string of the molecule is CC(C)(C)OC(=O)N1CCC(OC(=O)c2ccc([N+](=O)[O-])cc2)C(Nc2nc(Cl)nc3[nH]ccc23)C1. The van der Waals surface area contributed by atoms with Crippen molar-refractivity contribution in [1.29, 1.82) is 0 Å². The number of amides is 1. The Morgan fingerprint density at radius 1 is 1.22 bits per heavy atom. The van der Waals surface area contributed by atoms with Crippen LogP contribution in [0.5, 0.6) is 0 Å². The molecule has 1 fully saturated rings. The highest BCUT2D eigenvalue weighted by molar-refractivity contribution is 6.28. The maximum atomic E-state index is 12.8. The van der Waals surface area contributed by atoms with E-state index in [0.717, 1.165) is 0 Å². The summed E-state index contributed by atoms with van der Waals surface area (Å²) in [6, 6.07) is 6.38. The second-order valence-electron chi connectivity index (χ2n) is 9.29. The molecule has 0 bridgehead atoms. The largest absolute Gasteiger partial charge is 0.456 e. The molecule has 0 saturated carbocycles. The summed E-state index contributed by atoms with van der Waals surface area (Å²) in [7, 11) is 0. The van der Waals surface area contributed by atoms with Crippen LogP contribution in [0.25, 0.3) is 11.0 Å². The predicted molar refractivity (Wildman–Crippen MR) is 131 cm³/mol. The molecule has 36 heavy (non-hydrogen) atoms. The van der Waals surface area contributed by atoms with Gasteiger partial charge >= 0.3 is 12.1 Å². The predicted octanol–water partition coefficient (Wildman–Crippen LogP) is 4.17. The minimum absolute atomic E-state index is 0.0201. The van der Waals surface area contributed by atoms with Crippen LogP contribution in [0.1, 0.15) is 37.6 Å². The number of nitro groups is 1. The number of esters is 1. The fourth-order valence-corrected chi connectivity index (χ4v) is 4.00. The maximum absolute atomic E-state index is 12.8. The van der Waals surface area contributed by atoms with E-state index >= 15 is 0 Å². The fraction of sp³-hybridized carbons (Fsp3) is 0.391. The molecule has 1 aromatic carbocycles. The number of benzene rings is 1. The Bertz CT molecular complexity index is 1290. The Morgan fingerprint density at radius 3 is 2.61 bits per heavy atom. The summed E-state index contributed by atoms with van der Waals surface area (Å²) in [6.07, 6.45) is 0.891. The quantitative estimate of drug-likeness (QED) is 0.220. The van der Waals surface area contributed by atoms with E-state index in [-0.39, 0.29) is 23.1 Å². The Balaban J connectivity index is 1.57. The normalized spacial score (nSPS) is 18.1. The number of carbonyl (C=O) groups excluding carboxylic acids is 2. The molecule has 2 atom stereocenters. The number of hydrogen-bond acceptors (Lipinski definition) is 9. The lowest BCUT2D eigenvalue weighted by atomic mass is 10.0. The molecule has 1 aliphatic rings. The van der Waals surface area contributed by atoms with Gasteiger partial charge in [-0.1, -0.05) is 0 Å².